The van der Waals surface area contributed by atoms with Crippen LogP contribution in [0.25, 0.3) is 0 Å². The minimum absolute atomic E-state index is 0.0320. The highest BCUT2D eigenvalue weighted by Crippen LogP contribution is 2.36. The molecule has 1 atom stereocenters. The average molecular weight is 312 g/mol. The van der Waals surface area contributed by atoms with Crippen LogP contribution in [0.3, 0.4) is 0 Å². The second-order valence-electron chi connectivity index (χ2n) is 4.58. The fourth-order valence-corrected chi connectivity index (χ4v) is 2.99. The summed E-state index contributed by atoms with van der Waals surface area (Å²) in [5.74, 6) is 0. The van der Waals surface area contributed by atoms with Gasteiger partial charge in [-0.2, -0.15) is 13.2 Å². The van der Waals surface area contributed by atoms with E-state index in [-0.39, 0.29) is 5.25 Å². The van der Waals surface area contributed by atoms with Crippen molar-refractivity contribution in [2.75, 3.05) is 6.54 Å². The molecule has 0 aliphatic rings. The molecule has 0 radical (unpaired) electrons. The first-order valence-electron chi connectivity index (χ1n) is 6.37. The van der Waals surface area contributed by atoms with Gasteiger partial charge in [-0.05, 0) is 30.2 Å². The smallest absolute Gasteiger partial charge is 0.329 e. The van der Waals surface area contributed by atoms with Crippen LogP contribution >= 0.6 is 11.8 Å². The largest absolute Gasteiger partial charge is 0.417 e. The standard InChI is InChI=1S/C15H15F3N2S/c1-10-4-2-3-5-12(10)13(8-19)21-14-7-6-11(9-20-14)15(16,17)18/h2-7,9,13H,8,19H2,1H3. The van der Waals surface area contributed by atoms with Gasteiger partial charge in [0.1, 0.15) is 0 Å². The van der Waals surface area contributed by atoms with Crippen LogP contribution < -0.4 is 5.73 Å². The van der Waals surface area contributed by atoms with E-state index < -0.39 is 11.7 Å². The Balaban J connectivity index is 2.18. The van der Waals surface area contributed by atoms with E-state index in [0.29, 0.717) is 11.6 Å². The van der Waals surface area contributed by atoms with Crippen LogP contribution in [-0.2, 0) is 6.18 Å². The molecule has 1 unspecified atom stereocenters. The summed E-state index contributed by atoms with van der Waals surface area (Å²) < 4.78 is 37.5. The number of rotatable bonds is 4. The monoisotopic (exact) mass is 312 g/mol. The Hall–Kier alpha value is -1.53. The molecule has 21 heavy (non-hydrogen) atoms. The summed E-state index contributed by atoms with van der Waals surface area (Å²) in [6, 6.07) is 10.2. The van der Waals surface area contributed by atoms with E-state index in [1.54, 1.807) is 0 Å². The molecule has 0 saturated heterocycles. The minimum Gasteiger partial charge on any atom is -0.329 e. The number of hydrogen-bond donors (Lipinski definition) is 1. The van der Waals surface area contributed by atoms with E-state index in [9.17, 15) is 13.2 Å². The lowest BCUT2D eigenvalue weighted by Crippen LogP contribution is -2.11. The Morgan fingerprint density at radius 2 is 1.90 bits per heavy atom. The van der Waals surface area contributed by atoms with E-state index >= 15 is 0 Å². The van der Waals surface area contributed by atoms with Crippen LogP contribution in [0, 0.1) is 6.92 Å². The lowest BCUT2D eigenvalue weighted by Gasteiger charge is -2.17. The van der Waals surface area contributed by atoms with Crippen molar-refractivity contribution in [1.82, 2.24) is 4.98 Å². The van der Waals surface area contributed by atoms with Crippen molar-refractivity contribution < 1.29 is 13.2 Å². The highest BCUT2D eigenvalue weighted by molar-refractivity contribution is 7.99. The highest BCUT2D eigenvalue weighted by atomic mass is 32.2. The first-order valence-corrected chi connectivity index (χ1v) is 7.25. The van der Waals surface area contributed by atoms with Gasteiger partial charge in [0.25, 0.3) is 0 Å². The van der Waals surface area contributed by atoms with Crippen molar-refractivity contribution in [2.24, 2.45) is 5.73 Å². The van der Waals surface area contributed by atoms with Crippen LogP contribution in [0.1, 0.15) is 21.9 Å². The summed E-state index contributed by atoms with van der Waals surface area (Å²) in [6.07, 6.45) is -3.51. The zero-order valence-electron chi connectivity index (χ0n) is 11.4. The number of halogens is 3. The number of hydrogen-bond acceptors (Lipinski definition) is 3. The van der Waals surface area contributed by atoms with Crippen LogP contribution in [-0.4, -0.2) is 11.5 Å². The van der Waals surface area contributed by atoms with Crippen molar-refractivity contribution in [2.45, 2.75) is 23.4 Å². The third-order valence-electron chi connectivity index (χ3n) is 3.08. The number of aryl methyl sites for hydroxylation is 1. The molecular formula is C15H15F3N2S. The molecule has 0 aliphatic heterocycles. The molecule has 1 aromatic carbocycles. The SMILES string of the molecule is Cc1ccccc1C(CN)Sc1ccc(C(F)(F)F)cn1. The molecule has 0 bridgehead atoms. The van der Waals surface area contributed by atoms with Gasteiger partial charge in [-0.1, -0.05) is 36.0 Å². The summed E-state index contributed by atoms with van der Waals surface area (Å²) in [5.41, 5.74) is 7.23. The number of nitrogens with zero attached hydrogens (tertiary/aromatic N) is 1. The Kier molecular flexibility index (Phi) is 4.90. The average Bonchev–Trinajstić information content (AvgIpc) is 2.45. The molecule has 2 nitrogen and oxygen atoms in total. The zero-order valence-corrected chi connectivity index (χ0v) is 12.2. The third kappa shape index (κ3) is 3.98. The van der Waals surface area contributed by atoms with Gasteiger partial charge in [0.15, 0.2) is 0 Å². The topological polar surface area (TPSA) is 38.9 Å². The van der Waals surface area contributed by atoms with Crippen LogP contribution in [0.4, 0.5) is 13.2 Å². The molecule has 2 aromatic rings. The normalized spacial score (nSPS) is 13.2. The van der Waals surface area contributed by atoms with Crippen molar-refractivity contribution in [3.63, 3.8) is 0 Å². The van der Waals surface area contributed by atoms with Gasteiger partial charge >= 0.3 is 6.18 Å². The maximum absolute atomic E-state index is 12.5. The molecule has 1 heterocycles. The summed E-state index contributed by atoms with van der Waals surface area (Å²) >= 11 is 1.37. The second kappa shape index (κ2) is 6.49. The fraction of sp³-hybridized carbons (Fsp3) is 0.267. The van der Waals surface area contributed by atoms with E-state index in [1.165, 1.54) is 17.8 Å². The lowest BCUT2D eigenvalue weighted by molar-refractivity contribution is -0.137. The van der Waals surface area contributed by atoms with Gasteiger partial charge in [0, 0.05) is 18.0 Å². The van der Waals surface area contributed by atoms with Crippen molar-refractivity contribution in [3.05, 3.63) is 59.3 Å². The third-order valence-corrected chi connectivity index (χ3v) is 4.29. The van der Waals surface area contributed by atoms with Crippen LogP contribution in [0.5, 0.6) is 0 Å². The number of aromatic nitrogens is 1. The molecule has 1 aromatic heterocycles. The van der Waals surface area contributed by atoms with Crippen LogP contribution in [0.2, 0.25) is 0 Å². The van der Waals surface area contributed by atoms with Gasteiger partial charge in [0.05, 0.1) is 10.6 Å². The van der Waals surface area contributed by atoms with Gasteiger partial charge in [-0.25, -0.2) is 4.98 Å². The highest BCUT2D eigenvalue weighted by Gasteiger charge is 2.30. The molecular weight excluding hydrogens is 297 g/mol. The molecule has 2 rings (SSSR count). The maximum atomic E-state index is 12.5. The summed E-state index contributed by atoms with van der Waals surface area (Å²) in [6.45, 7) is 2.37. The van der Waals surface area contributed by atoms with Crippen molar-refractivity contribution >= 4 is 11.8 Å². The molecule has 6 heteroatoms. The molecule has 0 aliphatic carbocycles. The quantitative estimate of drug-likeness (QED) is 0.860. The summed E-state index contributed by atoms with van der Waals surface area (Å²) in [4.78, 5) is 3.88. The number of thioether (sulfide) groups is 1. The fourth-order valence-electron chi connectivity index (χ4n) is 1.95. The second-order valence-corrected chi connectivity index (χ2v) is 5.80. The first-order chi connectivity index (χ1) is 9.91. The van der Waals surface area contributed by atoms with Gasteiger partial charge in [0.2, 0.25) is 0 Å². The van der Waals surface area contributed by atoms with E-state index in [1.807, 2.05) is 31.2 Å². The number of alkyl halides is 3. The van der Waals surface area contributed by atoms with Crippen LogP contribution in [0.15, 0.2) is 47.6 Å². The summed E-state index contributed by atoms with van der Waals surface area (Å²) in [5, 5.41) is 0.497. The van der Waals surface area contributed by atoms with E-state index in [2.05, 4.69) is 4.98 Å². The lowest BCUT2D eigenvalue weighted by atomic mass is 10.1. The first kappa shape index (κ1) is 15.9. The predicted molar refractivity (Wildman–Crippen MR) is 78.1 cm³/mol. The molecule has 0 amide bonds. The maximum Gasteiger partial charge on any atom is 0.417 e. The predicted octanol–water partition coefficient (Wildman–Crippen LogP) is 4.20. The zero-order chi connectivity index (χ0) is 15.5. The number of benzene rings is 1. The number of nitrogens with two attached hydrogens (primary N) is 1. The Morgan fingerprint density at radius 3 is 2.43 bits per heavy atom. The van der Waals surface area contributed by atoms with Gasteiger partial charge in [-0.3, -0.25) is 0 Å². The molecule has 0 spiro atoms. The Morgan fingerprint density at radius 1 is 1.19 bits per heavy atom. The Labute approximate surface area is 125 Å². The van der Waals surface area contributed by atoms with E-state index in [0.717, 1.165) is 23.4 Å². The molecule has 0 fully saturated rings. The van der Waals surface area contributed by atoms with Gasteiger partial charge in [-0.15, -0.1) is 0 Å². The summed E-state index contributed by atoms with van der Waals surface area (Å²) in [7, 11) is 0. The molecule has 2 N–H and O–H groups in total. The van der Waals surface area contributed by atoms with E-state index in [4.69, 9.17) is 5.73 Å². The molecule has 0 saturated carbocycles. The van der Waals surface area contributed by atoms with Gasteiger partial charge < -0.3 is 5.73 Å². The molecule has 112 valence electrons. The van der Waals surface area contributed by atoms with Crippen molar-refractivity contribution in [3.8, 4) is 0 Å². The van der Waals surface area contributed by atoms with Crippen molar-refractivity contribution in [1.29, 1.82) is 0 Å². The Bertz CT molecular complexity index is 597. The minimum atomic E-state index is -4.36. The number of pyridine rings is 1.